The van der Waals surface area contributed by atoms with E-state index in [1.54, 1.807) is 18.2 Å². The first-order valence-corrected chi connectivity index (χ1v) is 10.1. The summed E-state index contributed by atoms with van der Waals surface area (Å²) in [5.41, 5.74) is 1.13. The summed E-state index contributed by atoms with van der Waals surface area (Å²) >= 11 is 0. The third kappa shape index (κ3) is 3.44. The highest BCUT2D eigenvalue weighted by Gasteiger charge is 2.47. The maximum absolute atomic E-state index is 14.0. The van der Waals surface area contributed by atoms with Gasteiger partial charge in [0.05, 0.1) is 18.2 Å². The number of hydrogen-bond acceptors (Lipinski definition) is 4. The van der Waals surface area contributed by atoms with Gasteiger partial charge >= 0.3 is 0 Å². The zero-order chi connectivity index (χ0) is 23.3. The van der Waals surface area contributed by atoms with E-state index >= 15 is 0 Å². The second-order valence-corrected chi connectivity index (χ2v) is 7.74. The predicted octanol–water partition coefficient (Wildman–Crippen LogP) is 4.67. The zero-order valence-electron chi connectivity index (χ0n) is 17.0. The van der Waals surface area contributed by atoms with Gasteiger partial charge in [-0.1, -0.05) is 12.1 Å². The molecule has 8 heteroatoms. The molecule has 0 aromatic heterocycles. The van der Waals surface area contributed by atoms with E-state index in [1.807, 2.05) is 0 Å². The van der Waals surface area contributed by atoms with Crippen LogP contribution in [0.3, 0.4) is 0 Å². The molecule has 1 fully saturated rings. The van der Waals surface area contributed by atoms with E-state index in [2.05, 4.69) is 0 Å². The number of anilines is 1. The minimum Gasteiger partial charge on any atom is -0.507 e. The smallest absolute Gasteiger partial charge is 0.300 e. The summed E-state index contributed by atoms with van der Waals surface area (Å²) in [6, 6.07) is 11.5. The molecule has 5 nitrogen and oxygen atoms in total. The number of amides is 1. The molecule has 1 unspecified atom stereocenters. The molecule has 166 valence electrons. The van der Waals surface area contributed by atoms with Gasteiger partial charge in [-0.2, -0.15) is 0 Å². The molecule has 3 aromatic rings. The third-order valence-corrected chi connectivity index (χ3v) is 5.77. The Hall–Kier alpha value is -4.07. The number of hydrogen-bond donors (Lipinski definition) is 1. The van der Waals surface area contributed by atoms with E-state index in [4.69, 9.17) is 4.74 Å². The van der Waals surface area contributed by atoms with Crippen molar-refractivity contribution in [2.75, 3.05) is 11.5 Å². The number of ketones is 1. The van der Waals surface area contributed by atoms with Crippen molar-refractivity contribution >= 4 is 23.1 Å². The van der Waals surface area contributed by atoms with Crippen molar-refractivity contribution in [3.05, 3.63) is 100 Å². The van der Waals surface area contributed by atoms with Crippen LogP contribution in [0.15, 0.2) is 66.2 Å². The van der Waals surface area contributed by atoms with Crippen LogP contribution in [0.1, 0.15) is 22.7 Å². The highest BCUT2D eigenvalue weighted by molar-refractivity contribution is 6.51. The number of carbonyl (C=O) groups excluding carboxylic acids is 2. The quantitative estimate of drug-likeness (QED) is 0.357. The number of aliphatic hydroxyl groups is 1. The van der Waals surface area contributed by atoms with Gasteiger partial charge in [-0.3, -0.25) is 14.5 Å². The van der Waals surface area contributed by atoms with E-state index in [9.17, 15) is 27.9 Å². The van der Waals surface area contributed by atoms with Gasteiger partial charge in [-0.05, 0) is 53.6 Å². The van der Waals surface area contributed by atoms with Crippen molar-refractivity contribution in [2.45, 2.75) is 12.5 Å². The maximum Gasteiger partial charge on any atom is 0.300 e. The largest absolute Gasteiger partial charge is 0.507 e. The molecular weight excluding hydrogens is 435 g/mol. The molecular formula is C25H16F3NO4. The van der Waals surface area contributed by atoms with Crippen LogP contribution in [-0.4, -0.2) is 23.4 Å². The number of benzene rings is 3. The Kier molecular flexibility index (Phi) is 4.92. The van der Waals surface area contributed by atoms with Crippen molar-refractivity contribution in [2.24, 2.45) is 0 Å². The summed E-state index contributed by atoms with van der Waals surface area (Å²) in [7, 11) is 0. The summed E-state index contributed by atoms with van der Waals surface area (Å²) in [6.07, 6.45) is 0.626. The van der Waals surface area contributed by atoms with Gasteiger partial charge in [-0.25, -0.2) is 13.2 Å². The van der Waals surface area contributed by atoms with Crippen LogP contribution < -0.4 is 9.64 Å². The average Bonchev–Trinajstić information content (AvgIpc) is 3.38. The first-order valence-electron chi connectivity index (χ1n) is 10.1. The number of ether oxygens (including phenoxy) is 1. The van der Waals surface area contributed by atoms with Crippen LogP contribution in [0.4, 0.5) is 18.9 Å². The van der Waals surface area contributed by atoms with E-state index in [0.717, 1.165) is 40.8 Å². The van der Waals surface area contributed by atoms with Crippen molar-refractivity contribution in [1.29, 1.82) is 0 Å². The van der Waals surface area contributed by atoms with Crippen LogP contribution in [0, 0.1) is 17.5 Å². The Balaban J connectivity index is 1.71. The Labute approximate surface area is 186 Å². The lowest BCUT2D eigenvalue weighted by molar-refractivity contribution is -0.132. The number of carbonyl (C=O) groups is 2. The highest BCUT2D eigenvalue weighted by Crippen LogP contribution is 2.43. The molecule has 2 aliphatic heterocycles. The first kappa shape index (κ1) is 20.8. The van der Waals surface area contributed by atoms with Crippen LogP contribution in [0.2, 0.25) is 0 Å². The second-order valence-electron chi connectivity index (χ2n) is 7.74. The van der Waals surface area contributed by atoms with Crippen LogP contribution >= 0.6 is 0 Å². The summed E-state index contributed by atoms with van der Waals surface area (Å²) < 4.78 is 46.5. The molecule has 3 aromatic carbocycles. The van der Waals surface area contributed by atoms with Gasteiger partial charge in [-0.15, -0.1) is 0 Å². The highest BCUT2D eigenvalue weighted by atomic mass is 19.2. The van der Waals surface area contributed by atoms with E-state index in [0.29, 0.717) is 29.9 Å². The molecule has 33 heavy (non-hydrogen) atoms. The Morgan fingerprint density at radius 1 is 0.939 bits per heavy atom. The van der Waals surface area contributed by atoms with Gasteiger partial charge in [0.15, 0.2) is 11.6 Å². The summed E-state index contributed by atoms with van der Waals surface area (Å²) in [5, 5.41) is 11.1. The molecule has 1 saturated heterocycles. The van der Waals surface area contributed by atoms with E-state index in [1.165, 1.54) is 12.1 Å². The average molecular weight is 451 g/mol. The fourth-order valence-corrected chi connectivity index (χ4v) is 4.18. The second kappa shape index (κ2) is 7.81. The molecule has 1 N–H and O–H groups in total. The topological polar surface area (TPSA) is 66.8 Å². The molecule has 2 heterocycles. The van der Waals surface area contributed by atoms with Crippen LogP contribution in [-0.2, 0) is 16.0 Å². The number of rotatable bonds is 3. The molecule has 0 bridgehead atoms. The number of fused-ring (bicyclic) bond motifs is 1. The van der Waals surface area contributed by atoms with Crippen molar-refractivity contribution in [3.63, 3.8) is 0 Å². The summed E-state index contributed by atoms with van der Waals surface area (Å²) in [4.78, 5) is 27.0. The Morgan fingerprint density at radius 3 is 2.42 bits per heavy atom. The molecule has 5 rings (SSSR count). The van der Waals surface area contributed by atoms with Crippen LogP contribution in [0.25, 0.3) is 5.76 Å². The molecule has 0 aliphatic carbocycles. The van der Waals surface area contributed by atoms with Gasteiger partial charge in [0, 0.05) is 23.7 Å². The molecule has 0 saturated carbocycles. The van der Waals surface area contributed by atoms with Gasteiger partial charge in [0.1, 0.15) is 17.3 Å². The van der Waals surface area contributed by atoms with Gasteiger partial charge in [0.2, 0.25) is 0 Å². The number of aliphatic hydroxyl groups excluding tert-OH is 1. The predicted molar refractivity (Wildman–Crippen MR) is 113 cm³/mol. The van der Waals surface area contributed by atoms with Gasteiger partial charge < -0.3 is 9.84 Å². The van der Waals surface area contributed by atoms with Crippen LogP contribution in [0.5, 0.6) is 5.75 Å². The minimum absolute atomic E-state index is 0.0771. The molecule has 1 atom stereocenters. The van der Waals surface area contributed by atoms with Crippen molar-refractivity contribution in [1.82, 2.24) is 0 Å². The third-order valence-electron chi connectivity index (χ3n) is 5.77. The lowest BCUT2D eigenvalue weighted by Gasteiger charge is -2.25. The van der Waals surface area contributed by atoms with E-state index < -0.39 is 40.9 Å². The normalized spacial score (nSPS) is 19.0. The number of halogens is 3. The Bertz CT molecular complexity index is 1330. The fourth-order valence-electron chi connectivity index (χ4n) is 4.18. The first-order chi connectivity index (χ1) is 15.8. The van der Waals surface area contributed by atoms with Crippen molar-refractivity contribution in [3.8, 4) is 5.75 Å². The fraction of sp³-hybridized carbons (Fsp3) is 0.120. The lowest BCUT2D eigenvalue weighted by Crippen LogP contribution is -2.29. The molecule has 0 radical (unpaired) electrons. The number of nitrogens with zero attached hydrogens (tertiary/aromatic N) is 1. The van der Waals surface area contributed by atoms with Gasteiger partial charge in [0.25, 0.3) is 11.7 Å². The minimum atomic E-state index is -1.20. The zero-order valence-corrected chi connectivity index (χ0v) is 17.0. The van der Waals surface area contributed by atoms with Crippen molar-refractivity contribution < 1.29 is 32.6 Å². The number of Topliss-reactive ketones (excluding diaryl/α,β-unsaturated/α-hetero) is 1. The maximum atomic E-state index is 14.0. The van der Waals surface area contributed by atoms with E-state index in [-0.39, 0.29) is 11.3 Å². The standard InChI is InChI=1S/C25H16F3NO4/c26-16-4-1-13(2-5-16)22-21(23(30)15-3-8-20-14(11-15)9-10-33-20)24(31)25(32)29(22)17-6-7-18(27)19(28)12-17/h1-8,11-12,22,30H,9-10H2/b23-21-. The lowest BCUT2D eigenvalue weighted by atomic mass is 9.94. The molecule has 2 aliphatic rings. The summed E-state index contributed by atoms with van der Waals surface area (Å²) in [6.45, 7) is 0.496. The molecule has 1 amide bonds. The summed E-state index contributed by atoms with van der Waals surface area (Å²) in [5.74, 6) is -4.64. The monoisotopic (exact) mass is 451 g/mol. The SMILES string of the molecule is O=C1C(=O)N(c2ccc(F)c(F)c2)C(c2ccc(F)cc2)/C1=C(/O)c1ccc2c(c1)CCO2. The molecule has 0 spiro atoms. The Morgan fingerprint density at radius 2 is 1.70 bits per heavy atom.